The van der Waals surface area contributed by atoms with Crippen molar-refractivity contribution in [3.05, 3.63) is 64.7 Å². The van der Waals surface area contributed by atoms with Gasteiger partial charge in [-0.3, -0.25) is 4.79 Å². The fourth-order valence-electron chi connectivity index (χ4n) is 2.01. The molecule has 0 saturated carbocycles. The fourth-order valence-corrected chi connectivity index (χ4v) is 2.01. The quantitative estimate of drug-likeness (QED) is 0.830. The van der Waals surface area contributed by atoms with Gasteiger partial charge in [0.1, 0.15) is 6.61 Å². The summed E-state index contributed by atoms with van der Waals surface area (Å²) in [6.45, 7) is 3.67. The van der Waals surface area contributed by atoms with Crippen molar-refractivity contribution in [3.63, 3.8) is 0 Å². The summed E-state index contributed by atoms with van der Waals surface area (Å²) in [5.41, 5.74) is 4.04. The zero-order valence-corrected chi connectivity index (χ0v) is 12.1. The van der Waals surface area contributed by atoms with Gasteiger partial charge in [0.25, 0.3) is 5.91 Å². The lowest BCUT2D eigenvalue weighted by Gasteiger charge is -2.09. The van der Waals surface area contributed by atoms with Gasteiger partial charge in [0.15, 0.2) is 0 Å². The van der Waals surface area contributed by atoms with Gasteiger partial charge in [-0.2, -0.15) is 0 Å². The number of anilines is 1. The number of hydrogen-bond donors (Lipinski definition) is 2. The molecule has 2 rings (SSSR count). The van der Waals surface area contributed by atoms with Crippen molar-refractivity contribution in [1.29, 1.82) is 0 Å². The molecule has 0 bridgehead atoms. The highest BCUT2D eigenvalue weighted by Gasteiger charge is 2.10. The molecule has 0 atom stereocenters. The van der Waals surface area contributed by atoms with Crippen LogP contribution in [0.3, 0.4) is 0 Å². The first-order chi connectivity index (χ1) is 10.1. The number of carbonyl (C=O) groups excluding carboxylic acids is 1. The van der Waals surface area contributed by atoms with Crippen LogP contribution in [0.2, 0.25) is 0 Å². The summed E-state index contributed by atoms with van der Waals surface area (Å²) in [7, 11) is 0. The van der Waals surface area contributed by atoms with Gasteiger partial charge >= 0.3 is 0 Å². The third kappa shape index (κ3) is 3.95. The molecule has 21 heavy (non-hydrogen) atoms. The Morgan fingerprint density at radius 3 is 2.71 bits per heavy atom. The largest absolute Gasteiger partial charge is 0.384 e. The lowest BCUT2D eigenvalue weighted by Crippen LogP contribution is -2.13. The predicted molar refractivity (Wildman–Crippen MR) is 84.3 cm³/mol. The number of carbonyl (C=O) groups is 1. The van der Waals surface area contributed by atoms with Gasteiger partial charge in [0, 0.05) is 16.8 Å². The Morgan fingerprint density at radius 2 is 2.00 bits per heavy atom. The maximum atomic E-state index is 12.4. The zero-order chi connectivity index (χ0) is 15.2. The van der Waals surface area contributed by atoms with Crippen LogP contribution in [0.1, 0.15) is 27.0 Å². The maximum absolute atomic E-state index is 12.4. The van der Waals surface area contributed by atoms with Crippen molar-refractivity contribution >= 4 is 11.6 Å². The lowest BCUT2D eigenvalue weighted by molar-refractivity contribution is 0.102. The average Bonchev–Trinajstić information content (AvgIpc) is 2.46. The fraction of sp³-hybridized carbons (Fsp3) is 0.167. The molecular weight excluding hydrogens is 262 g/mol. The van der Waals surface area contributed by atoms with Gasteiger partial charge in [-0.1, -0.05) is 30.0 Å². The van der Waals surface area contributed by atoms with E-state index in [0.29, 0.717) is 11.1 Å². The Hall–Kier alpha value is -2.57. The number of rotatable bonds is 2. The minimum Gasteiger partial charge on any atom is -0.384 e. The molecule has 0 fully saturated rings. The minimum atomic E-state index is -0.196. The van der Waals surface area contributed by atoms with Gasteiger partial charge < -0.3 is 10.4 Å². The van der Waals surface area contributed by atoms with Crippen LogP contribution in [0, 0.1) is 25.7 Å². The van der Waals surface area contributed by atoms with Crippen LogP contribution in [-0.4, -0.2) is 17.6 Å². The Balaban J connectivity index is 2.26. The third-order valence-electron chi connectivity index (χ3n) is 3.07. The number of aliphatic hydroxyl groups is 1. The number of aryl methyl sites for hydroxylation is 2. The minimum absolute atomic E-state index is 0.161. The van der Waals surface area contributed by atoms with Crippen molar-refractivity contribution in [3.8, 4) is 11.8 Å². The predicted octanol–water partition coefficient (Wildman–Crippen LogP) is 2.90. The summed E-state index contributed by atoms with van der Waals surface area (Å²) in [6, 6.07) is 13.1. The molecule has 0 saturated heterocycles. The summed E-state index contributed by atoms with van der Waals surface area (Å²) >= 11 is 0. The second kappa shape index (κ2) is 6.74. The monoisotopic (exact) mass is 279 g/mol. The van der Waals surface area contributed by atoms with E-state index in [-0.39, 0.29) is 12.5 Å². The van der Waals surface area contributed by atoms with Crippen LogP contribution < -0.4 is 5.32 Å². The summed E-state index contributed by atoms with van der Waals surface area (Å²) in [5, 5.41) is 11.6. The highest BCUT2D eigenvalue weighted by Crippen LogP contribution is 2.15. The molecule has 0 aliphatic carbocycles. The number of amides is 1. The van der Waals surface area contributed by atoms with Gasteiger partial charge in [-0.25, -0.2) is 0 Å². The summed E-state index contributed by atoms with van der Waals surface area (Å²) < 4.78 is 0. The van der Waals surface area contributed by atoms with Gasteiger partial charge in [0.2, 0.25) is 0 Å². The topological polar surface area (TPSA) is 49.3 Å². The second-order valence-corrected chi connectivity index (χ2v) is 4.81. The number of benzene rings is 2. The van der Waals surface area contributed by atoms with Crippen molar-refractivity contribution in [2.24, 2.45) is 0 Å². The van der Waals surface area contributed by atoms with E-state index in [0.717, 1.165) is 16.8 Å². The number of aliphatic hydroxyl groups excluding tert-OH is 1. The van der Waals surface area contributed by atoms with Gasteiger partial charge in [-0.05, 0) is 49.2 Å². The smallest absolute Gasteiger partial charge is 0.255 e. The molecular formula is C18H17NO2. The highest BCUT2D eigenvalue weighted by atomic mass is 16.2. The van der Waals surface area contributed by atoms with E-state index in [1.54, 1.807) is 6.07 Å². The van der Waals surface area contributed by atoms with E-state index in [9.17, 15) is 4.79 Å². The molecule has 0 aromatic heterocycles. The first-order valence-corrected chi connectivity index (χ1v) is 6.68. The summed E-state index contributed by atoms with van der Waals surface area (Å²) in [6.07, 6.45) is 0. The molecule has 2 N–H and O–H groups in total. The zero-order valence-electron chi connectivity index (χ0n) is 12.1. The Kier molecular flexibility index (Phi) is 4.76. The normalized spacial score (nSPS) is 9.67. The lowest BCUT2D eigenvalue weighted by atomic mass is 10.0. The average molecular weight is 279 g/mol. The molecule has 106 valence electrons. The molecule has 2 aromatic carbocycles. The van der Waals surface area contributed by atoms with Crippen LogP contribution in [0.4, 0.5) is 5.69 Å². The molecule has 0 spiro atoms. The third-order valence-corrected chi connectivity index (χ3v) is 3.07. The van der Waals surface area contributed by atoms with Crippen molar-refractivity contribution < 1.29 is 9.90 Å². The Labute approximate surface area is 124 Å². The molecule has 0 aliphatic heterocycles. The van der Waals surface area contributed by atoms with Crippen LogP contribution in [0.25, 0.3) is 0 Å². The molecule has 2 aromatic rings. The van der Waals surface area contributed by atoms with Crippen LogP contribution in [0.15, 0.2) is 42.5 Å². The maximum Gasteiger partial charge on any atom is 0.255 e. The second-order valence-electron chi connectivity index (χ2n) is 4.81. The summed E-state index contributed by atoms with van der Waals surface area (Å²) in [5.74, 6) is 5.23. The summed E-state index contributed by atoms with van der Waals surface area (Å²) in [4.78, 5) is 12.4. The Morgan fingerprint density at radius 1 is 1.19 bits per heavy atom. The highest BCUT2D eigenvalue weighted by molar-refractivity contribution is 6.05. The molecule has 3 nitrogen and oxygen atoms in total. The van der Waals surface area contributed by atoms with Crippen molar-refractivity contribution in [2.45, 2.75) is 13.8 Å². The molecule has 0 unspecified atom stereocenters. The molecule has 3 heteroatoms. The standard InChI is InChI=1S/C18H17NO2/c1-13-5-3-7-16(11-13)19-18(21)17-12-15(6-4-10-20)9-8-14(17)2/h3,5,7-9,11-12,20H,10H2,1-2H3,(H,19,21). The van der Waals surface area contributed by atoms with Gasteiger partial charge in [0.05, 0.1) is 0 Å². The van der Waals surface area contributed by atoms with Crippen molar-refractivity contribution in [2.75, 3.05) is 11.9 Å². The van der Waals surface area contributed by atoms with E-state index in [1.807, 2.05) is 50.2 Å². The van der Waals surface area contributed by atoms with E-state index < -0.39 is 0 Å². The van der Waals surface area contributed by atoms with Gasteiger partial charge in [-0.15, -0.1) is 0 Å². The number of nitrogens with one attached hydrogen (secondary N) is 1. The number of hydrogen-bond acceptors (Lipinski definition) is 2. The SMILES string of the molecule is Cc1cccc(NC(=O)c2cc(C#CCO)ccc2C)c1. The van der Waals surface area contributed by atoms with Crippen LogP contribution in [-0.2, 0) is 0 Å². The molecule has 1 amide bonds. The first kappa shape index (κ1) is 14.8. The molecule has 0 radical (unpaired) electrons. The van der Waals surface area contributed by atoms with E-state index in [2.05, 4.69) is 17.2 Å². The Bertz CT molecular complexity index is 723. The van der Waals surface area contributed by atoms with Crippen LogP contribution in [0.5, 0.6) is 0 Å². The van der Waals surface area contributed by atoms with E-state index >= 15 is 0 Å². The molecule has 0 aliphatic rings. The van der Waals surface area contributed by atoms with Crippen LogP contribution >= 0.6 is 0 Å². The molecule has 0 heterocycles. The van der Waals surface area contributed by atoms with E-state index in [4.69, 9.17) is 5.11 Å². The van der Waals surface area contributed by atoms with Crippen molar-refractivity contribution in [1.82, 2.24) is 0 Å². The van der Waals surface area contributed by atoms with E-state index in [1.165, 1.54) is 0 Å². The first-order valence-electron chi connectivity index (χ1n) is 6.68.